The van der Waals surface area contributed by atoms with Crippen LogP contribution in [0.15, 0.2) is 34.5 Å². The van der Waals surface area contributed by atoms with E-state index in [4.69, 9.17) is 9.88 Å². The van der Waals surface area contributed by atoms with Gasteiger partial charge in [0.15, 0.2) is 17.4 Å². The second-order valence-corrected chi connectivity index (χ2v) is 7.33. The van der Waals surface area contributed by atoms with Gasteiger partial charge in [0.25, 0.3) is 5.91 Å². The molecule has 10 nitrogen and oxygen atoms in total. The number of primary sulfonamides is 1. The summed E-state index contributed by atoms with van der Waals surface area (Å²) >= 11 is 1.04. The summed E-state index contributed by atoms with van der Waals surface area (Å²) in [5.74, 6) is -1.77. The molecule has 2 rings (SSSR count). The molecule has 0 bridgehead atoms. The van der Waals surface area contributed by atoms with Gasteiger partial charge in [-0.25, -0.2) is 23.3 Å². The van der Waals surface area contributed by atoms with Gasteiger partial charge in [-0.3, -0.25) is 9.59 Å². The zero-order valence-electron chi connectivity index (χ0n) is 13.4. The van der Waals surface area contributed by atoms with E-state index in [0.717, 1.165) is 11.3 Å². The van der Waals surface area contributed by atoms with Gasteiger partial charge in [-0.15, -0.1) is 11.3 Å². The van der Waals surface area contributed by atoms with Crippen molar-refractivity contribution in [1.29, 1.82) is 0 Å². The van der Waals surface area contributed by atoms with Gasteiger partial charge in [-0.05, 0) is 24.3 Å². The fourth-order valence-corrected chi connectivity index (χ4v) is 2.95. The molecule has 4 N–H and O–H groups in total. The molecule has 0 aliphatic heterocycles. The first-order chi connectivity index (χ1) is 12.1. The SMILES string of the molecule is CC(=O)Nc1nc(C(=O)OCC(=O)Nc2ccc(S(N)(=O)=O)cc2)cs1. The monoisotopic (exact) mass is 398 g/mol. The molecule has 26 heavy (non-hydrogen) atoms. The number of thiazole rings is 1. The second kappa shape index (κ2) is 8.03. The summed E-state index contributed by atoms with van der Waals surface area (Å²) in [5.41, 5.74) is 0.268. The van der Waals surface area contributed by atoms with Crippen molar-refractivity contribution in [2.24, 2.45) is 5.14 Å². The minimum atomic E-state index is -3.82. The van der Waals surface area contributed by atoms with Crippen molar-refractivity contribution in [2.45, 2.75) is 11.8 Å². The quantitative estimate of drug-likeness (QED) is 0.599. The normalized spacial score (nSPS) is 10.8. The molecule has 0 aliphatic rings. The van der Waals surface area contributed by atoms with Gasteiger partial charge < -0.3 is 15.4 Å². The zero-order chi connectivity index (χ0) is 19.3. The van der Waals surface area contributed by atoms with Crippen molar-refractivity contribution in [3.05, 3.63) is 35.3 Å². The third kappa shape index (κ3) is 5.61. The minimum absolute atomic E-state index is 0.0379. The van der Waals surface area contributed by atoms with E-state index in [-0.39, 0.29) is 21.6 Å². The smallest absolute Gasteiger partial charge is 0.358 e. The number of esters is 1. The molecule has 2 amide bonds. The maximum atomic E-state index is 11.8. The third-order valence-corrected chi connectivity index (χ3v) is 4.48. The Kier molecular flexibility index (Phi) is 6.02. The molecule has 138 valence electrons. The van der Waals surface area contributed by atoms with E-state index in [1.165, 1.54) is 36.6 Å². The van der Waals surface area contributed by atoms with Gasteiger partial charge in [0.2, 0.25) is 15.9 Å². The van der Waals surface area contributed by atoms with E-state index in [0.29, 0.717) is 5.69 Å². The molecule has 1 aromatic carbocycles. The van der Waals surface area contributed by atoms with Crippen molar-refractivity contribution >= 4 is 50.0 Å². The summed E-state index contributed by atoms with van der Waals surface area (Å²) in [4.78, 5) is 38.2. The molecule has 1 heterocycles. The molecule has 0 saturated carbocycles. The van der Waals surface area contributed by atoms with E-state index < -0.39 is 28.5 Å². The van der Waals surface area contributed by atoms with Crippen LogP contribution in [0.4, 0.5) is 10.8 Å². The maximum Gasteiger partial charge on any atom is 0.358 e. The van der Waals surface area contributed by atoms with Crippen LogP contribution in [0.1, 0.15) is 17.4 Å². The van der Waals surface area contributed by atoms with Crippen LogP contribution in [0.3, 0.4) is 0 Å². The minimum Gasteiger partial charge on any atom is -0.451 e. The van der Waals surface area contributed by atoms with E-state index in [1.807, 2.05) is 0 Å². The number of nitrogens with two attached hydrogens (primary N) is 1. The highest BCUT2D eigenvalue weighted by molar-refractivity contribution is 7.89. The van der Waals surface area contributed by atoms with Crippen LogP contribution >= 0.6 is 11.3 Å². The van der Waals surface area contributed by atoms with Gasteiger partial charge in [0.1, 0.15) is 0 Å². The number of carbonyl (C=O) groups excluding carboxylic acids is 3. The number of hydrogen-bond acceptors (Lipinski definition) is 8. The molecule has 0 radical (unpaired) electrons. The Morgan fingerprint density at radius 2 is 1.85 bits per heavy atom. The number of nitrogens with one attached hydrogen (secondary N) is 2. The summed E-state index contributed by atoms with van der Waals surface area (Å²) in [5, 5.41) is 11.5. The summed E-state index contributed by atoms with van der Waals surface area (Å²) in [6.45, 7) is 0.738. The highest BCUT2D eigenvalue weighted by Crippen LogP contribution is 2.16. The van der Waals surface area contributed by atoms with Crippen molar-refractivity contribution < 1.29 is 27.5 Å². The Balaban J connectivity index is 1.87. The van der Waals surface area contributed by atoms with Crippen LogP contribution < -0.4 is 15.8 Å². The van der Waals surface area contributed by atoms with Crippen LogP contribution in [0.5, 0.6) is 0 Å². The number of anilines is 2. The summed E-state index contributed by atoms with van der Waals surface area (Å²) in [6, 6.07) is 5.16. The molecule has 0 saturated heterocycles. The largest absolute Gasteiger partial charge is 0.451 e. The molecule has 2 aromatic rings. The first kappa shape index (κ1) is 19.5. The highest BCUT2D eigenvalue weighted by Gasteiger charge is 2.15. The van der Waals surface area contributed by atoms with Crippen molar-refractivity contribution in [2.75, 3.05) is 17.2 Å². The van der Waals surface area contributed by atoms with Gasteiger partial charge in [-0.2, -0.15) is 0 Å². The Morgan fingerprint density at radius 1 is 1.19 bits per heavy atom. The predicted octanol–water partition coefficient (Wildman–Crippen LogP) is 0.544. The number of aromatic nitrogens is 1. The molecular weight excluding hydrogens is 384 g/mol. The van der Waals surface area contributed by atoms with Gasteiger partial charge in [-0.1, -0.05) is 0 Å². The van der Waals surface area contributed by atoms with Crippen LogP contribution in [-0.2, 0) is 24.3 Å². The van der Waals surface area contributed by atoms with Crippen LogP contribution in [0.25, 0.3) is 0 Å². The maximum absolute atomic E-state index is 11.8. The van der Waals surface area contributed by atoms with E-state index in [2.05, 4.69) is 15.6 Å². The van der Waals surface area contributed by atoms with E-state index in [1.54, 1.807) is 0 Å². The molecule has 0 spiro atoms. The highest BCUT2D eigenvalue weighted by atomic mass is 32.2. The van der Waals surface area contributed by atoms with E-state index in [9.17, 15) is 22.8 Å². The standard InChI is InChI=1S/C14H14N4O6S2/c1-8(19)16-14-18-11(7-25-14)13(21)24-6-12(20)17-9-2-4-10(5-3-9)26(15,22)23/h2-5,7H,6H2,1H3,(H,17,20)(H2,15,22,23)(H,16,18,19). The lowest BCUT2D eigenvalue weighted by Gasteiger charge is -2.06. The van der Waals surface area contributed by atoms with Gasteiger partial charge in [0, 0.05) is 18.0 Å². The summed E-state index contributed by atoms with van der Waals surface area (Å²) < 4.78 is 27.1. The molecular formula is C14H14N4O6S2. The van der Waals surface area contributed by atoms with E-state index >= 15 is 0 Å². The predicted molar refractivity (Wildman–Crippen MR) is 93.1 cm³/mol. The number of ether oxygens (including phenoxy) is 1. The first-order valence-corrected chi connectivity index (χ1v) is 9.40. The first-order valence-electron chi connectivity index (χ1n) is 6.98. The van der Waals surface area contributed by atoms with Crippen molar-refractivity contribution in [1.82, 2.24) is 4.98 Å². The van der Waals surface area contributed by atoms with Crippen LogP contribution in [0.2, 0.25) is 0 Å². The number of nitrogens with zero attached hydrogens (tertiary/aromatic N) is 1. The molecule has 0 unspecified atom stereocenters. The Hall–Kier alpha value is -2.83. The lowest BCUT2D eigenvalue weighted by Crippen LogP contribution is -2.21. The molecule has 0 atom stereocenters. The molecule has 1 aromatic heterocycles. The van der Waals surface area contributed by atoms with Crippen LogP contribution in [-0.4, -0.2) is 37.8 Å². The number of sulfonamides is 1. The number of benzene rings is 1. The molecule has 0 aliphatic carbocycles. The number of hydrogen-bond donors (Lipinski definition) is 3. The Labute approximate surface area is 152 Å². The topological polar surface area (TPSA) is 158 Å². The van der Waals surface area contributed by atoms with Crippen LogP contribution in [0, 0.1) is 0 Å². The molecule has 12 heteroatoms. The summed E-state index contributed by atoms with van der Waals surface area (Å²) in [6.07, 6.45) is 0. The van der Waals surface area contributed by atoms with Gasteiger partial charge >= 0.3 is 5.97 Å². The Morgan fingerprint density at radius 3 is 2.42 bits per heavy atom. The summed E-state index contributed by atoms with van der Waals surface area (Å²) in [7, 11) is -3.82. The number of carbonyl (C=O) groups is 3. The number of amides is 2. The molecule has 0 fully saturated rings. The number of rotatable bonds is 6. The fraction of sp³-hybridized carbons (Fsp3) is 0.143. The van der Waals surface area contributed by atoms with Crippen molar-refractivity contribution in [3.8, 4) is 0 Å². The fourth-order valence-electron chi connectivity index (χ4n) is 1.71. The lowest BCUT2D eigenvalue weighted by molar-refractivity contribution is -0.119. The average Bonchev–Trinajstić information content (AvgIpc) is 3.00. The van der Waals surface area contributed by atoms with Gasteiger partial charge in [0.05, 0.1) is 4.90 Å². The Bertz CT molecular complexity index is 937. The van der Waals surface area contributed by atoms with Crippen molar-refractivity contribution in [3.63, 3.8) is 0 Å². The zero-order valence-corrected chi connectivity index (χ0v) is 15.0. The second-order valence-electron chi connectivity index (χ2n) is 4.91. The average molecular weight is 398 g/mol. The third-order valence-electron chi connectivity index (χ3n) is 2.80. The lowest BCUT2D eigenvalue weighted by atomic mass is 10.3.